The summed E-state index contributed by atoms with van der Waals surface area (Å²) in [6.07, 6.45) is 1.90. The van der Waals surface area contributed by atoms with Crippen LogP contribution in [0.15, 0.2) is 72.8 Å². The predicted molar refractivity (Wildman–Crippen MR) is 138 cm³/mol. The van der Waals surface area contributed by atoms with Gasteiger partial charge in [-0.15, -0.1) is 0 Å². The van der Waals surface area contributed by atoms with E-state index in [4.69, 9.17) is 11.6 Å². The number of nitrogens with zero attached hydrogens (tertiary/aromatic N) is 2. The quantitative estimate of drug-likeness (QED) is 0.424. The van der Waals surface area contributed by atoms with E-state index in [2.05, 4.69) is 24.4 Å². The number of rotatable bonds is 8. The van der Waals surface area contributed by atoms with Gasteiger partial charge >= 0.3 is 0 Å². The number of benzene rings is 3. The van der Waals surface area contributed by atoms with Crippen molar-refractivity contribution in [1.82, 2.24) is 4.90 Å². The summed E-state index contributed by atoms with van der Waals surface area (Å²) >= 11 is 6.20. The number of hydrogen-bond donors (Lipinski definition) is 1. The van der Waals surface area contributed by atoms with Crippen molar-refractivity contribution in [2.75, 3.05) is 24.3 Å². The second kappa shape index (κ2) is 10.3. The van der Waals surface area contributed by atoms with Crippen LogP contribution in [0.3, 0.4) is 0 Å². The molecule has 1 atom stereocenters. The van der Waals surface area contributed by atoms with Crippen molar-refractivity contribution in [2.24, 2.45) is 5.92 Å². The van der Waals surface area contributed by atoms with Crippen molar-refractivity contribution in [2.45, 2.75) is 32.4 Å². The lowest BCUT2D eigenvalue weighted by molar-refractivity contribution is -0.135. The number of amides is 2. The van der Waals surface area contributed by atoms with Gasteiger partial charge < -0.3 is 15.1 Å². The molecule has 5 nitrogen and oxygen atoms in total. The molecule has 0 saturated heterocycles. The monoisotopic (exact) mass is 475 g/mol. The average Bonchev–Trinajstić information content (AvgIpc) is 3.68. The van der Waals surface area contributed by atoms with Gasteiger partial charge in [-0.25, -0.2) is 0 Å². The Balaban J connectivity index is 1.64. The van der Waals surface area contributed by atoms with Crippen LogP contribution in [-0.2, 0) is 11.3 Å². The zero-order valence-corrected chi connectivity index (χ0v) is 20.5. The molecule has 6 heteroatoms. The minimum Gasteiger partial charge on any atom is -0.377 e. The SMILES string of the molecule is C[C@@H](c1ccccc1)N(Cc1cc(NC(=O)c2ccccc2Cl)ccc1N(C)C)C(=O)C1CC1. The Hall–Kier alpha value is -3.31. The molecule has 0 bridgehead atoms. The van der Waals surface area contributed by atoms with E-state index < -0.39 is 0 Å². The van der Waals surface area contributed by atoms with Crippen molar-refractivity contribution >= 4 is 34.8 Å². The first kappa shape index (κ1) is 23.8. The molecule has 1 fully saturated rings. The third-order valence-electron chi connectivity index (χ3n) is 6.24. The van der Waals surface area contributed by atoms with E-state index >= 15 is 0 Å². The van der Waals surface area contributed by atoms with Crippen LogP contribution in [0.5, 0.6) is 0 Å². The number of carbonyl (C=O) groups is 2. The van der Waals surface area contributed by atoms with Crippen molar-refractivity contribution in [3.8, 4) is 0 Å². The number of carbonyl (C=O) groups excluding carboxylic acids is 2. The molecule has 0 aliphatic heterocycles. The molecule has 1 N–H and O–H groups in total. The van der Waals surface area contributed by atoms with Crippen molar-refractivity contribution < 1.29 is 9.59 Å². The first-order chi connectivity index (χ1) is 16.3. The van der Waals surface area contributed by atoms with Gasteiger partial charge in [0.1, 0.15) is 0 Å². The van der Waals surface area contributed by atoms with Gasteiger partial charge in [0.2, 0.25) is 5.91 Å². The zero-order chi connectivity index (χ0) is 24.2. The Kier molecular flexibility index (Phi) is 7.23. The van der Waals surface area contributed by atoms with Gasteiger partial charge in [-0.05, 0) is 61.2 Å². The highest BCUT2D eigenvalue weighted by molar-refractivity contribution is 6.34. The van der Waals surface area contributed by atoms with Crippen LogP contribution in [0.4, 0.5) is 11.4 Å². The zero-order valence-electron chi connectivity index (χ0n) is 19.8. The molecule has 4 rings (SSSR count). The second-order valence-corrected chi connectivity index (χ2v) is 9.41. The van der Waals surface area contributed by atoms with Crippen LogP contribution >= 0.6 is 11.6 Å². The molecule has 0 radical (unpaired) electrons. The van der Waals surface area contributed by atoms with Crippen LogP contribution in [-0.4, -0.2) is 30.8 Å². The Labute approximate surface area is 206 Å². The first-order valence-electron chi connectivity index (χ1n) is 11.6. The topological polar surface area (TPSA) is 52.7 Å². The van der Waals surface area contributed by atoms with Gasteiger partial charge in [-0.2, -0.15) is 0 Å². The largest absolute Gasteiger partial charge is 0.377 e. The minimum absolute atomic E-state index is 0.0642. The highest BCUT2D eigenvalue weighted by Gasteiger charge is 2.36. The van der Waals surface area contributed by atoms with Crippen LogP contribution in [0.2, 0.25) is 5.02 Å². The van der Waals surface area contributed by atoms with Gasteiger partial charge in [0.05, 0.1) is 16.6 Å². The molecule has 3 aromatic rings. The molecule has 0 aromatic heterocycles. The third-order valence-corrected chi connectivity index (χ3v) is 6.57. The standard InChI is InChI=1S/C28H30ClN3O2/c1-19(20-9-5-4-6-10-20)32(28(34)21-13-14-21)18-22-17-23(15-16-26(22)31(2)3)30-27(33)24-11-7-8-12-25(24)29/h4-12,15-17,19,21H,13-14,18H2,1-3H3,(H,30,33)/t19-/m0/s1. The maximum atomic E-state index is 13.3. The summed E-state index contributed by atoms with van der Waals surface area (Å²) < 4.78 is 0. The normalized spacial score (nSPS) is 13.8. The summed E-state index contributed by atoms with van der Waals surface area (Å²) in [5.74, 6) is 0.0290. The number of nitrogens with one attached hydrogen (secondary N) is 1. The van der Waals surface area contributed by atoms with E-state index in [1.165, 1.54) is 0 Å². The lowest BCUT2D eigenvalue weighted by atomic mass is 10.0. The molecule has 1 aliphatic rings. The summed E-state index contributed by atoms with van der Waals surface area (Å²) in [4.78, 5) is 30.1. The fourth-order valence-corrected chi connectivity index (χ4v) is 4.36. The second-order valence-electron chi connectivity index (χ2n) is 9.00. The summed E-state index contributed by atoms with van der Waals surface area (Å²) in [5, 5.41) is 3.36. The van der Waals surface area contributed by atoms with Crippen molar-refractivity contribution in [1.29, 1.82) is 0 Å². The number of hydrogen-bond acceptors (Lipinski definition) is 3. The van der Waals surface area contributed by atoms with Crippen LogP contribution in [0, 0.1) is 5.92 Å². The molecule has 34 heavy (non-hydrogen) atoms. The van der Waals surface area contributed by atoms with E-state index in [-0.39, 0.29) is 23.8 Å². The highest BCUT2D eigenvalue weighted by Crippen LogP contribution is 2.36. The molecular formula is C28H30ClN3O2. The van der Waals surface area contributed by atoms with Gasteiger partial charge in [-0.3, -0.25) is 9.59 Å². The van der Waals surface area contributed by atoms with Crippen LogP contribution < -0.4 is 10.2 Å². The maximum Gasteiger partial charge on any atom is 0.257 e. The summed E-state index contributed by atoms with van der Waals surface area (Å²) in [6.45, 7) is 2.53. The molecular weight excluding hydrogens is 446 g/mol. The maximum absolute atomic E-state index is 13.3. The number of anilines is 2. The van der Waals surface area contributed by atoms with Crippen molar-refractivity contribution in [3.63, 3.8) is 0 Å². The van der Waals surface area contributed by atoms with E-state index in [1.54, 1.807) is 24.3 Å². The highest BCUT2D eigenvalue weighted by atomic mass is 35.5. The van der Waals surface area contributed by atoms with Gasteiger partial charge in [0.25, 0.3) is 5.91 Å². The lowest BCUT2D eigenvalue weighted by Crippen LogP contribution is -2.34. The molecule has 0 heterocycles. The Bertz CT molecular complexity index is 1180. The fraction of sp³-hybridized carbons (Fsp3) is 0.286. The van der Waals surface area contributed by atoms with Crippen molar-refractivity contribution in [3.05, 3.63) is 94.5 Å². The smallest absolute Gasteiger partial charge is 0.257 e. The predicted octanol–water partition coefficient (Wildman–Crippen LogP) is 6.16. The molecule has 1 saturated carbocycles. The van der Waals surface area contributed by atoms with Gasteiger partial charge in [0, 0.05) is 37.9 Å². The third kappa shape index (κ3) is 5.42. The van der Waals surface area contributed by atoms with Gasteiger partial charge in [0.15, 0.2) is 0 Å². The Morgan fingerprint density at radius 1 is 1.00 bits per heavy atom. The molecule has 2 amide bonds. The lowest BCUT2D eigenvalue weighted by Gasteiger charge is -2.32. The van der Waals surface area contributed by atoms with Gasteiger partial charge in [-0.1, -0.05) is 54.1 Å². The average molecular weight is 476 g/mol. The molecule has 0 unspecified atom stereocenters. The van der Waals surface area contributed by atoms with E-state index in [0.29, 0.717) is 22.8 Å². The first-order valence-corrected chi connectivity index (χ1v) is 11.9. The summed E-state index contributed by atoms with van der Waals surface area (Å²) in [6, 6.07) is 22.8. The Morgan fingerprint density at radius 3 is 2.32 bits per heavy atom. The van der Waals surface area contributed by atoms with E-state index in [9.17, 15) is 9.59 Å². The molecule has 176 valence electrons. The molecule has 3 aromatic carbocycles. The summed E-state index contributed by atoms with van der Waals surface area (Å²) in [7, 11) is 3.96. The van der Waals surface area contributed by atoms with Crippen LogP contribution in [0.1, 0.15) is 47.3 Å². The number of halogens is 1. The summed E-state index contributed by atoms with van der Waals surface area (Å²) in [5.41, 5.74) is 4.16. The fourth-order valence-electron chi connectivity index (χ4n) is 4.14. The van der Waals surface area contributed by atoms with Crippen LogP contribution in [0.25, 0.3) is 0 Å². The van der Waals surface area contributed by atoms with E-state index in [0.717, 1.165) is 29.7 Å². The Morgan fingerprint density at radius 2 is 1.68 bits per heavy atom. The van der Waals surface area contributed by atoms with E-state index in [1.807, 2.05) is 60.3 Å². The minimum atomic E-state index is -0.266. The molecule has 0 spiro atoms. The molecule has 1 aliphatic carbocycles.